The highest BCUT2D eigenvalue weighted by Gasteiger charge is 2.09. The standard InChI is InChI=1S/C12H14N8S4/c13-19-9(21)15-17-11(19)23-5-7-3-1-2-4-8(7)6-24-12-18-16-10(22)20(12)14/h1-4H,5-6,13-14H2,(H,15,21)(H,16,22). The smallest absolute Gasteiger partial charge is 0.214 e. The van der Waals surface area contributed by atoms with Crippen molar-refractivity contribution in [2.24, 2.45) is 0 Å². The first-order valence-corrected chi connectivity index (χ1v) is 9.52. The molecule has 0 amide bonds. The summed E-state index contributed by atoms with van der Waals surface area (Å²) in [6.07, 6.45) is 0. The van der Waals surface area contributed by atoms with Gasteiger partial charge < -0.3 is 11.7 Å². The lowest BCUT2D eigenvalue weighted by Crippen LogP contribution is -2.10. The highest BCUT2D eigenvalue weighted by Crippen LogP contribution is 2.26. The highest BCUT2D eigenvalue weighted by molar-refractivity contribution is 7.98. The summed E-state index contributed by atoms with van der Waals surface area (Å²) in [6, 6.07) is 8.15. The van der Waals surface area contributed by atoms with Crippen molar-refractivity contribution in [3.63, 3.8) is 0 Å². The fraction of sp³-hybridized carbons (Fsp3) is 0.167. The van der Waals surface area contributed by atoms with Gasteiger partial charge in [-0.1, -0.05) is 47.8 Å². The molecule has 2 heterocycles. The zero-order valence-electron chi connectivity index (χ0n) is 12.3. The molecule has 126 valence electrons. The molecule has 0 aliphatic heterocycles. The van der Waals surface area contributed by atoms with Gasteiger partial charge in [-0.15, -0.1) is 10.2 Å². The summed E-state index contributed by atoms with van der Waals surface area (Å²) in [5.41, 5.74) is 2.36. The highest BCUT2D eigenvalue weighted by atomic mass is 32.2. The Morgan fingerprint density at radius 3 is 1.62 bits per heavy atom. The van der Waals surface area contributed by atoms with Gasteiger partial charge in [0.25, 0.3) is 0 Å². The van der Waals surface area contributed by atoms with Crippen LogP contribution in [0.5, 0.6) is 0 Å². The van der Waals surface area contributed by atoms with Crippen LogP contribution in [0.15, 0.2) is 34.6 Å². The molecule has 3 aromatic rings. The number of aromatic amines is 2. The minimum absolute atomic E-state index is 0.395. The Hall–Kier alpha value is -1.76. The number of rotatable bonds is 6. The molecule has 0 radical (unpaired) electrons. The van der Waals surface area contributed by atoms with Crippen molar-refractivity contribution in [3.8, 4) is 0 Å². The van der Waals surface area contributed by atoms with E-state index in [0.717, 1.165) is 11.5 Å². The second-order valence-electron chi connectivity index (χ2n) is 4.71. The molecule has 0 saturated carbocycles. The number of nitrogens with one attached hydrogen (secondary N) is 2. The van der Waals surface area contributed by atoms with Gasteiger partial charge in [-0.25, -0.2) is 19.5 Å². The zero-order valence-corrected chi connectivity index (χ0v) is 15.6. The molecule has 2 aromatic heterocycles. The summed E-state index contributed by atoms with van der Waals surface area (Å²) < 4.78 is 3.52. The molecule has 0 bridgehead atoms. The number of hydrogen-bond acceptors (Lipinski definition) is 8. The van der Waals surface area contributed by atoms with E-state index in [1.807, 2.05) is 12.1 Å². The maximum absolute atomic E-state index is 5.81. The first kappa shape index (κ1) is 17.1. The molecule has 3 rings (SSSR count). The second-order valence-corrected chi connectivity index (χ2v) is 7.37. The fourth-order valence-electron chi connectivity index (χ4n) is 1.91. The molecule has 0 saturated heterocycles. The van der Waals surface area contributed by atoms with E-state index in [1.165, 1.54) is 44.0 Å². The van der Waals surface area contributed by atoms with Crippen molar-refractivity contribution < 1.29 is 0 Å². The third-order valence-electron chi connectivity index (χ3n) is 3.18. The molecule has 0 aliphatic carbocycles. The van der Waals surface area contributed by atoms with Gasteiger partial charge in [0.15, 0.2) is 0 Å². The third kappa shape index (κ3) is 3.66. The number of benzene rings is 1. The van der Waals surface area contributed by atoms with Crippen LogP contribution < -0.4 is 11.7 Å². The summed E-state index contributed by atoms with van der Waals surface area (Å²) in [5, 5.41) is 14.8. The SMILES string of the molecule is Nn1c(SCc2ccccc2CSc2n[nH]c(=S)n2N)n[nH]c1=S. The van der Waals surface area contributed by atoms with Crippen LogP contribution in [0.3, 0.4) is 0 Å². The first-order valence-electron chi connectivity index (χ1n) is 6.73. The largest absolute Gasteiger partial charge is 0.335 e. The van der Waals surface area contributed by atoms with Gasteiger partial charge in [-0.05, 0) is 35.6 Å². The summed E-state index contributed by atoms with van der Waals surface area (Å²) in [6.45, 7) is 0. The maximum atomic E-state index is 5.81. The minimum atomic E-state index is 0.395. The summed E-state index contributed by atoms with van der Waals surface area (Å²) >= 11 is 13.1. The second kappa shape index (κ2) is 7.42. The van der Waals surface area contributed by atoms with Crippen molar-refractivity contribution in [2.45, 2.75) is 21.8 Å². The van der Waals surface area contributed by atoms with Crippen molar-refractivity contribution in [1.29, 1.82) is 0 Å². The van der Waals surface area contributed by atoms with E-state index < -0.39 is 0 Å². The Morgan fingerprint density at radius 1 is 0.875 bits per heavy atom. The average molecular weight is 399 g/mol. The maximum Gasteiger partial charge on any atom is 0.214 e. The van der Waals surface area contributed by atoms with Crippen LogP contribution in [0.2, 0.25) is 0 Å². The number of nitrogens with two attached hydrogens (primary N) is 2. The molecule has 6 N–H and O–H groups in total. The van der Waals surface area contributed by atoms with Gasteiger partial charge in [-0.2, -0.15) is 0 Å². The van der Waals surface area contributed by atoms with Crippen LogP contribution >= 0.6 is 48.0 Å². The van der Waals surface area contributed by atoms with E-state index in [1.54, 1.807) is 0 Å². The van der Waals surface area contributed by atoms with Crippen molar-refractivity contribution in [2.75, 3.05) is 11.7 Å². The van der Waals surface area contributed by atoms with Gasteiger partial charge in [-0.3, -0.25) is 0 Å². The molecule has 1 aromatic carbocycles. The molecule has 0 spiro atoms. The molecule has 8 nitrogen and oxygen atoms in total. The lowest BCUT2D eigenvalue weighted by Gasteiger charge is -2.08. The van der Waals surface area contributed by atoms with Gasteiger partial charge in [0.05, 0.1) is 0 Å². The van der Waals surface area contributed by atoms with E-state index in [4.69, 9.17) is 36.1 Å². The topological polar surface area (TPSA) is 119 Å². The van der Waals surface area contributed by atoms with E-state index in [0.29, 0.717) is 19.9 Å². The molecular weight excluding hydrogens is 384 g/mol. The Morgan fingerprint density at radius 2 is 1.29 bits per heavy atom. The Balaban J connectivity index is 1.71. The monoisotopic (exact) mass is 398 g/mol. The Labute approximate surface area is 156 Å². The van der Waals surface area contributed by atoms with Crippen LogP contribution in [0, 0.1) is 9.54 Å². The van der Waals surface area contributed by atoms with Crippen LogP contribution in [-0.4, -0.2) is 29.7 Å². The number of hydrogen-bond donors (Lipinski definition) is 4. The number of nitrogen functional groups attached to an aromatic ring is 2. The van der Waals surface area contributed by atoms with Gasteiger partial charge in [0.2, 0.25) is 19.9 Å². The van der Waals surface area contributed by atoms with Gasteiger partial charge >= 0.3 is 0 Å². The number of aromatic nitrogens is 6. The van der Waals surface area contributed by atoms with Crippen LogP contribution in [0.25, 0.3) is 0 Å². The first-order chi connectivity index (χ1) is 11.6. The van der Waals surface area contributed by atoms with Crippen molar-refractivity contribution in [1.82, 2.24) is 29.7 Å². The summed E-state index contributed by atoms with van der Waals surface area (Å²) in [4.78, 5) is 0. The van der Waals surface area contributed by atoms with Gasteiger partial charge in [0.1, 0.15) is 0 Å². The fourth-order valence-corrected chi connectivity index (χ4v) is 4.10. The molecule has 0 fully saturated rings. The lowest BCUT2D eigenvalue weighted by molar-refractivity contribution is 0.838. The number of thioether (sulfide) groups is 2. The predicted octanol–water partition coefficient (Wildman–Crippen LogP) is 2.21. The van der Waals surface area contributed by atoms with Crippen LogP contribution in [-0.2, 0) is 11.5 Å². The van der Waals surface area contributed by atoms with E-state index in [2.05, 4.69) is 32.5 Å². The lowest BCUT2D eigenvalue weighted by atomic mass is 10.1. The number of nitrogens with zero attached hydrogens (tertiary/aromatic N) is 4. The Bertz CT molecular complexity index is 875. The average Bonchev–Trinajstić information content (AvgIpc) is 3.08. The van der Waals surface area contributed by atoms with Gasteiger partial charge in [0, 0.05) is 11.5 Å². The van der Waals surface area contributed by atoms with Crippen LogP contribution in [0.1, 0.15) is 11.1 Å². The molecule has 0 aliphatic rings. The van der Waals surface area contributed by atoms with Crippen LogP contribution in [0.4, 0.5) is 0 Å². The van der Waals surface area contributed by atoms with E-state index >= 15 is 0 Å². The summed E-state index contributed by atoms with van der Waals surface area (Å²) in [7, 11) is 0. The van der Waals surface area contributed by atoms with Crippen molar-refractivity contribution >= 4 is 48.0 Å². The third-order valence-corrected chi connectivity index (χ3v) is 5.76. The molecule has 0 atom stereocenters. The Kier molecular flexibility index (Phi) is 5.28. The molecule has 24 heavy (non-hydrogen) atoms. The quantitative estimate of drug-likeness (QED) is 0.283. The van der Waals surface area contributed by atoms with E-state index in [9.17, 15) is 0 Å². The van der Waals surface area contributed by atoms with Crippen molar-refractivity contribution in [3.05, 3.63) is 44.9 Å². The van der Waals surface area contributed by atoms with E-state index in [-0.39, 0.29) is 0 Å². The normalized spacial score (nSPS) is 11.0. The number of H-pyrrole nitrogens is 2. The molecule has 12 heteroatoms. The molecule has 0 unspecified atom stereocenters. The predicted molar refractivity (Wildman–Crippen MR) is 101 cm³/mol. The molecular formula is C12H14N8S4. The minimum Gasteiger partial charge on any atom is -0.335 e. The zero-order chi connectivity index (χ0) is 17.1. The summed E-state index contributed by atoms with van der Waals surface area (Å²) in [5.74, 6) is 13.1.